The molecule has 2 bridgehead atoms. The third kappa shape index (κ3) is 4.10. The lowest BCUT2D eigenvalue weighted by Gasteiger charge is -2.27. The zero-order chi connectivity index (χ0) is 14.7. The van der Waals surface area contributed by atoms with Gasteiger partial charge in [0.15, 0.2) is 0 Å². The second-order valence-electron chi connectivity index (χ2n) is 7.15. The predicted octanol–water partition coefficient (Wildman–Crippen LogP) is 5.19. The Labute approximate surface area is 138 Å². The Hall–Kier alpha value is -0.340. The van der Waals surface area contributed by atoms with Crippen molar-refractivity contribution in [2.75, 3.05) is 6.54 Å². The van der Waals surface area contributed by atoms with Gasteiger partial charge in [0.2, 0.25) is 0 Å². The third-order valence-corrected chi connectivity index (χ3v) is 6.08. The normalized spacial score (nSPS) is 29.0. The third-order valence-electron chi connectivity index (χ3n) is 5.55. The van der Waals surface area contributed by atoms with E-state index in [0.29, 0.717) is 6.04 Å². The SMILES string of the molecule is CCCNC(Cc1ccc(Br)cc1)CC1CC2CCC1C2. The molecule has 1 aromatic rings. The number of nitrogens with one attached hydrogen (secondary N) is 1. The number of hydrogen-bond donors (Lipinski definition) is 1. The van der Waals surface area contributed by atoms with Crippen molar-refractivity contribution in [2.24, 2.45) is 17.8 Å². The molecule has 116 valence electrons. The second-order valence-corrected chi connectivity index (χ2v) is 8.07. The molecule has 0 radical (unpaired) electrons. The molecule has 3 rings (SSSR count). The zero-order valence-electron chi connectivity index (χ0n) is 13.2. The monoisotopic (exact) mass is 349 g/mol. The molecule has 2 aliphatic rings. The molecule has 2 aliphatic carbocycles. The minimum absolute atomic E-state index is 0.662. The predicted molar refractivity (Wildman–Crippen MR) is 93.5 cm³/mol. The van der Waals surface area contributed by atoms with Crippen LogP contribution in [0, 0.1) is 17.8 Å². The fourth-order valence-electron chi connectivity index (χ4n) is 4.52. The summed E-state index contributed by atoms with van der Waals surface area (Å²) in [7, 11) is 0. The van der Waals surface area contributed by atoms with Crippen LogP contribution in [-0.4, -0.2) is 12.6 Å². The molecule has 0 aromatic heterocycles. The number of halogens is 1. The van der Waals surface area contributed by atoms with E-state index in [2.05, 4.69) is 52.4 Å². The first kappa shape index (κ1) is 15.6. The average Bonchev–Trinajstić information content (AvgIpc) is 3.09. The van der Waals surface area contributed by atoms with E-state index in [9.17, 15) is 0 Å². The van der Waals surface area contributed by atoms with Crippen LogP contribution in [0.3, 0.4) is 0 Å². The van der Waals surface area contributed by atoms with E-state index in [1.807, 2.05) is 0 Å². The molecular formula is C19H28BrN. The standard InChI is InChI=1S/C19H28BrN/c1-2-9-21-19(12-14-4-7-18(20)8-5-14)13-17-11-15-3-6-16(17)10-15/h4-5,7-8,15-17,19,21H,2-3,6,9-13H2,1H3. The molecule has 1 N–H and O–H groups in total. The molecule has 4 unspecified atom stereocenters. The van der Waals surface area contributed by atoms with Crippen LogP contribution < -0.4 is 5.32 Å². The highest BCUT2D eigenvalue weighted by Gasteiger charge is 2.39. The van der Waals surface area contributed by atoms with E-state index in [0.717, 1.165) is 24.3 Å². The zero-order valence-corrected chi connectivity index (χ0v) is 14.7. The first-order valence-electron chi connectivity index (χ1n) is 8.72. The number of fused-ring (bicyclic) bond motifs is 2. The lowest BCUT2D eigenvalue weighted by molar-refractivity contribution is 0.276. The molecular weight excluding hydrogens is 322 g/mol. The van der Waals surface area contributed by atoms with Crippen molar-refractivity contribution >= 4 is 15.9 Å². The Bertz CT molecular complexity index is 441. The molecule has 0 heterocycles. The molecule has 1 nitrogen and oxygen atoms in total. The van der Waals surface area contributed by atoms with Gasteiger partial charge >= 0.3 is 0 Å². The fourth-order valence-corrected chi connectivity index (χ4v) is 4.79. The largest absolute Gasteiger partial charge is 0.314 e. The highest BCUT2D eigenvalue weighted by molar-refractivity contribution is 9.10. The number of benzene rings is 1. The van der Waals surface area contributed by atoms with Crippen molar-refractivity contribution in [1.29, 1.82) is 0 Å². The van der Waals surface area contributed by atoms with Crippen molar-refractivity contribution in [3.05, 3.63) is 34.3 Å². The van der Waals surface area contributed by atoms with Crippen molar-refractivity contribution < 1.29 is 0 Å². The molecule has 0 amide bonds. The van der Waals surface area contributed by atoms with Crippen LogP contribution in [0.5, 0.6) is 0 Å². The first-order chi connectivity index (χ1) is 10.2. The van der Waals surface area contributed by atoms with Crippen molar-refractivity contribution in [3.8, 4) is 0 Å². The summed E-state index contributed by atoms with van der Waals surface area (Å²) in [6, 6.07) is 9.54. The minimum Gasteiger partial charge on any atom is -0.314 e. The Kier molecular flexibility index (Phi) is 5.39. The van der Waals surface area contributed by atoms with Gasteiger partial charge in [-0.2, -0.15) is 0 Å². The maximum Gasteiger partial charge on any atom is 0.0175 e. The van der Waals surface area contributed by atoms with Gasteiger partial charge in [0, 0.05) is 10.5 Å². The van der Waals surface area contributed by atoms with Crippen LogP contribution in [0.25, 0.3) is 0 Å². The summed E-state index contributed by atoms with van der Waals surface area (Å²) in [5.74, 6) is 3.11. The maximum atomic E-state index is 3.81. The van der Waals surface area contributed by atoms with Gasteiger partial charge in [-0.1, -0.05) is 41.4 Å². The van der Waals surface area contributed by atoms with Gasteiger partial charge in [-0.05, 0) is 80.5 Å². The van der Waals surface area contributed by atoms with Gasteiger partial charge in [-0.15, -0.1) is 0 Å². The Morgan fingerprint density at radius 2 is 2.00 bits per heavy atom. The topological polar surface area (TPSA) is 12.0 Å². The van der Waals surface area contributed by atoms with E-state index in [-0.39, 0.29) is 0 Å². The summed E-state index contributed by atoms with van der Waals surface area (Å²) in [5, 5.41) is 3.81. The maximum absolute atomic E-state index is 3.81. The van der Waals surface area contributed by atoms with Gasteiger partial charge < -0.3 is 5.32 Å². The van der Waals surface area contributed by atoms with Gasteiger partial charge in [0.1, 0.15) is 0 Å². The van der Waals surface area contributed by atoms with Crippen LogP contribution in [0.15, 0.2) is 28.7 Å². The second kappa shape index (κ2) is 7.28. The average molecular weight is 350 g/mol. The molecule has 2 heteroatoms. The van der Waals surface area contributed by atoms with Crippen molar-refractivity contribution in [3.63, 3.8) is 0 Å². The lowest BCUT2D eigenvalue weighted by atomic mass is 9.83. The van der Waals surface area contributed by atoms with Crippen LogP contribution in [0.1, 0.15) is 51.0 Å². The summed E-state index contributed by atoms with van der Waals surface area (Å²) >= 11 is 3.53. The van der Waals surface area contributed by atoms with E-state index in [4.69, 9.17) is 0 Å². The fraction of sp³-hybridized carbons (Fsp3) is 0.684. The smallest absolute Gasteiger partial charge is 0.0175 e. The van der Waals surface area contributed by atoms with E-state index in [1.54, 1.807) is 0 Å². The summed E-state index contributed by atoms with van der Waals surface area (Å²) in [6.07, 6.45) is 9.86. The molecule has 21 heavy (non-hydrogen) atoms. The van der Waals surface area contributed by atoms with Crippen LogP contribution >= 0.6 is 15.9 Å². The van der Waals surface area contributed by atoms with Crippen LogP contribution in [0.4, 0.5) is 0 Å². The molecule has 0 spiro atoms. The first-order valence-corrected chi connectivity index (χ1v) is 9.51. The summed E-state index contributed by atoms with van der Waals surface area (Å²) < 4.78 is 1.18. The Morgan fingerprint density at radius 3 is 2.62 bits per heavy atom. The Morgan fingerprint density at radius 1 is 1.19 bits per heavy atom. The van der Waals surface area contributed by atoms with Crippen molar-refractivity contribution in [1.82, 2.24) is 5.32 Å². The number of rotatable bonds is 7. The van der Waals surface area contributed by atoms with Gasteiger partial charge in [0.25, 0.3) is 0 Å². The molecule has 1 aromatic carbocycles. The van der Waals surface area contributed by atoms with Crippen molar-refractivity contribution in [2.45, 2.75) is 57.9 Å². The van der Waals surface area contributed by atoms with Gasteiger partial charge in [-0.25, -0.2) is 0 Å². The molecule has 0 saturated heterocycles. The molecule has 0 aliphatic heterocycles. The number of hydrogen-bond acceptors (Lipinski definition) is 1. The molecule has 4 atom stereocenters. The van der Waals surface area contributed by atoms with E-state index >= 15 is 0 Å². The minimum atomic E-state index is 0.662. The molecule has 2 saturated carbocycles. The highest BCUT2D eigenvalue weighted by Crippen LogP contribution is 2.50. The van der Waals surface area contributed by atoms with Gasteiger partial charge in [0.05, 0.1) is 0 Å². The van der Waals surface area contributed by atoms with E-state index < -0.39 is 0 Å². The summed E-state index contributed by atoms with van der Waals surface area (Å²) in [5.41, 5.74) is 1.47. The molecule has 2 fully saturated rings. The Balaban J connectivity index is 1.59. The quantitative estimate of drug-likeness (QED) is 0.714. The van der Waals surface area contributed by atoms with Crippen LogP contribution in [0.2, 0.25) is 0 Å². The lowest BCUT2D eigenvalue weighted by Crippen LogP contribution is -2.34. The van der Waals surface area contributed by atoms with Crippen LogP contribution in [-0.2, 0) is 6.42 Å². The summed E-state index contributed by atoms with van der Waals surface area (Å²) in [4.78, 5) is 0. The summed E-state index contributed by atoms with van der Waals surface area (Å²) in [6.45, 7) is 3.42. The van der Waals surface area contributed by atoms with E-state index in [1.165, 1.54) is 55.0 Å². The van der Waals surface area contributed by atoms with Gasteiger partial charge in [-0.3, -0.25) is 0 Å². The highest BCUT2D eigenvalue weighted by atomic mass is 79.9.